The highest BCUT2D eigenvalue weighted by atomic mass is 32.2. The molecule has 0 N–H and O–H groups in total. The van der Waals surface area contributed by atoms with Crippen molar-refractivity contribution in [3.8, 4) is 0 Å². The lowest BCUT2D eigenvalue weighted by Gasteiger charge is -2.33. The maximum Gasteiger partial charge on any atom is 0.245 e. The van der Waals surface area contributed by atoms with Gasteiger partial charge in [-0.3, -0.25) is 9.88 Å². The summed E-state index contributed by atoms with van der Waals surface area (Å²) in [5.74, 6) is 0.827. The third kappa shape index (κ3) is 4.21. The van der Waals surface area contributed by atoms with Crippen LogP contribution in [-0.4, -0.2) is 69.0 Å². The van der Waals surface area contributed by atoms with Crippen LogP contribution in [0.1, 0.15) is 31.2 Å². The largest absolute Gasteiger partial charge is 0.293 e. The molecule has 3 aromatic rings. The van der Waals surface area contributed by atoms with E-state index in [9.17, 15) is 8.42 Å². The highest BCUT2D eigenvalue weighted by molar-refractivity contribution is 7.89. The zero-order valence-electron chi connectivity index (χ0n) is 17.4. The molecule has 0 spiro atoms. The first-order valence-electron chi connectivity index (χ1n) is 10.3. The van der Waals surface area contributed by atoms with Gasteiger partial charge in [-0.1, -0.05) is 25.5 Å². The maximum atomic E-state index is 13.3. The van der Waals surface area contributed by atoms with Crippen molar-refractivity contribution >= 4 is 20.9 Å². The minimum absolute atomic E-state index is 0.275. The Bertz CT molecular complexity index is 1120. The number of sulfonamides is 1. The first-order valence-corrected chi connectivity index (χ1v) is 11.8. The summed E-state index contributed by atoms with van der Waals surface area (Å²) < 4.78 is 30.0. The first kappa shape index (κ1) is 20.8. The summed E-state index contributed by atoms with van der Waals surface area (Å²) in [7, 11) is -3.61. The molecule has 1 fully saturated rings. The van der Waals surface area contributed by atoms with Crippen LogP contribution in [0.2, 0.25) is 0 Å². The Morgan fingerprint density at radius 3 is 2.70 bits per heavy atom. The zero-order chi connectivity index (χ0) is 21.1. The molecule has 0 unspecified atom stereocenters. The van der Waals surface area contributed by atoms with Gasteiger partial charge in [0.15, 0.2) is 5.82 Å². The second-order valence-corrected chi connectivity index (χ2v) is 9.60. The quantitative estimate of drug-likeness (QED) is 0.565. The molecule has 0 saturated carbocycles. The van der Waals surface area contributed by atoms with Crippen molar-refractivity contribution in [2.75, 3.05) is 26.2 Å². The molecule has 9 nitrogen and oxygen atoms in total. The number of hydrogen-bond acceptors (Lipinski definition) is 7. The van der Waals surface area contributed by atoms with E-state index in [1.54, 1.807) is 22.6 Å². The van der Waals surface area contributed by atoms with Crippen molar-refractivity contribution in [3.05, 3.63) is 41.9 Å². The third-order valence-corrected chi connectivity index (χ3v) is 7.38. The smallest absolute Gasteiger partial charge is 0.245 e. The summed E-state index contributed by atoms with van der Waals surface area (Å²) >= 11 is 0. The van der Waals surface area contributed by atoms with Crippen LogP contribution in [0, 0.1) is 6.92 Å². The molecular weight excluding hydrogens is 402 g/mol. The summed E-state index contributed by atoms with van der Waals surface area (Å²) in [6.07, 6.45) is 3.82. The number of fused-ring (bicyclic) bond motifs is 1. The number of unbranched alkanes of at least 4 members (excludes halogenated alkanes) is 1. The number of aromatic nitrogens is 5. The first-order chi connectivity index (χ1) is 14.5. The Labute approximate surface area is 176 Å². The van der Waals surface area contributed by atoms with Crippen molar-refractivity contribution in [2.45, 2.75) is 44.7 Å². The van der Waals surface area contributed by atoms with Gasteiger partial charge in [0.05, 0.1) is 12.1 Å². The zero-order valence-corrected chi connectivity index (χ0v) is 18.2. The maximum absolute atomic E-state index is 13.3. The number of nitrogens with zero attached hydrogens (tertiary/aromatic N) is 7. The van der Waals surface area contributed by atoms with Crippen LogP contribution in [-0.2, 0) is 23.1 Å². The summed E-state index contributed by atoms with van der Waals surface area (Å²) in [6.45, 7) is 7.65. The molecule has 2 aromatic heterocycles. The minimum Gasteiger partial charge on any atom is -0.293 e. The van der Waals surface area contributed by atoms with Crippen LogP contribution < -0.4 is 0 Å². The second kappa shape index (κ2) is 8.75. The van der Waals surface area contributed by atoms with E-state index in [1.807, 2.05) is 23.7 Å². The van der Waals surface area contributed by atoms with Gasteiger partial charge in [-0.2, -0.15) is 4.31 Å². The summed E-state index contributed by atoms with van der Waals surface area (Å²) in [5, 5.41) is 12.8. The number of pyridine rings is 1. The molecule has 160 valence electrons. The topological polar surface area (TPSA) is 97.1 Å². The standard InChI is InChI=1S/C20H27N7O2S/c1-3-4-8-27-19(22-23-24-27)15-25-9-11-26(12-10-25)30(28,29)18-7-5-6-17-13-16(2)14-21-20(17)18/h5-7,13-14H,3-4,8-12,15H2,1-2H3. The third-order valence-electron chi connectivity index (χ3n) is 5.45. The monoisotopic (exact) mass is 429 g/mol. The van der Waals surface area contributed by atoms with E-state index in [0.29, 0.717) is 38.2 Å². The summed E-state index contributed by atoms with van der Waals surface area (Å²) in [5.41, 5.74) is 1.53. The number of rotatable bonds is 7. The van der Waals surface area contributed by atoms with E-state index in [0.717, 1.165) is 36.2 Å². The van der Waals surface area contributed by atoms with Gasteiger partial charge in [0, 0.05) is 44.3 Å². The van der Waals surface area contributed by atoms with Crippen molar-refractivity contribution in [2.24, 2.45) is 0 Å². The van der Waals surface area contributed by atoms with E-state index in [-0.39, 0.29) is 4.90 Å². The van der Waals surface area contributed by atoms with Crippen LogP contribution in [0.4, 0.5) is 0 Å². The highest BCUT2D eigenvalue weighted by Crippen LogP contribution is 2.25. The van der Waals surface area contributed by atoms with Gasteiger partial charge in [-0.05, 0) is 41.5 Å². The molecule has 1 aliphatic rings. The van der Waals surface area contributed by atoms with Crippen molar-refractivity contribution in [3.63, 3.8) is 0 Å². The molecule has 1 aromatic carbocycles. The second-order valence-electron chi connectivity index (χ2n) is 7.69. The lowest BCUT2D eigenvalue weighted by Crippen LogP contribution is -2.48. The molecule has 10 heteroatoms. The van der Waals surface area contributed by atoms with E-state index in [2.05, 4.69) is 32.3 Å². The number of tetrazole rings is 1. The van der Waals surface area contributed by atoms with E-state index < -0.39 is 10.0 Å². The van der Waals surface area contributed by atoms with Crippen LogP contribution in [0.25, 0.3) is 10.9 Å². The van der Waals surface area contributed by atoms with Gasteiger partial charge in [-0.15, -0.1) is 5.10 Å². The van der Waals surface area contributed by atoms with Crippen LogP contribution in [0.5, 0.6) is 0 Å². The molecule has 4 rings (SSSR count). The van der Waals surface area contributed by atoms with Crippen LogP contribution >= 0.6 is 0 Å². The number of hydrogen-bond donors (Lipinski definition) is 0. The molecule has 0 radical (unpaired) electrons. The van der Waals surface area contributed by atoms with Crippen molar-refractivity contribution in [1.29, 1.82) is 0 Å². The lowest BCUT2D eigenvalue weighted by molar-refractivity contribution is 0.175. The number of aryl methyl sites for hydroxylation is 2. The van der Waals surface area contributed by atoms with Gasteiger partial charge in [0.2, 0.25) is 10.0 Å². The molecule has 1 saturated heterocycles. The Morgan fingerprint density at radius 2 is 1.93 bits per heavy atom. The summed E-state index contributed by atoms with van der Waals surface area (Å²) in [4.78, 5) is 6.87. The fraction of sp³-hybridized carbons (Fsp3) is 0.500. The number of benzene rings is 1. The van der Waals surface area contributed by atoms with Gasteiger partial charge in [0.25, 0.3) is 0 Å². The SMILES string of the molecule is CCCCn1nnnc1CN1CCN(S(=O)(=O)c2cccc3cc(C)cnc23)CC1. The lowest BCUT2D eigenvalue weighted by atomic mass is 10.2. The van der Waals surface area contributed by atoms with Crippen molar-refractivity contribution < 1.29 is 8.42 Å². The fourth-order valence-corrected chi connectivity index (χ4v) is 5.32. The van der Waals surface area contributed by atoms with Gasteiger partial charge in [-0.25, -0.2) is 13.1 Å². The highest BCUT2D eigenvalue weighted by Gasteiger charge is 2.30. The van der Waals surface area contributed by atoms with E-state index >= 15 is 0 Å². The van der Waals surface area contributed by atoms with Crippen LogP contribution in [0.3, 0.4) is 0 Å². The predicted octanol–water partition coefficient (Wildman–Crippen LogP) is 1.84. The Balaban J connectivity index is 1.46. The predicted molar refractivity (Wildman–Crippen MR) is 113 cm³/mol. The Morgan fingerprint density at radius 1 is 1.13 bits per heavy atom. The Kier molecular flexibility index (Phi) is 6.07. The molecule has 0 aliphatic carbocycles. The van der Waals surface area contributed by atoms with Crippen LogP contribution in [0.15, 0.2) is 35.4 Å². The average molecular weight is 430 g/mol. The molecule has 30 heavy (non-hydrogen) atoms. The van der Waals surface area contributed by atoms with E-state index in [4.69, 9.17) is 0 Å². The molecular formula is C20H27N7O2S. The average Bonchev–Trinajstić information content (AvgIpc) is 3.18. The number of para-hydroxylation sites is 1. The fourth-order valence-electron chi connectivity index (χ4n) is 3.74. The molecule has 0 bridgehead atoms. The van der Waals surface area contributed by atoms with Gasteiger partial charge < -0.3 is 0 Å². The van der Waals surface area contributed by atoms with E-state index in [1.165, 1.54) is 0 Å². The molecule has 0 atom stereocenters. The van der Waals surface area contributed by atoms with Gasteiger partial charge >= 0.3 is 0 Å². The minimum atomic E-state index is -3.61. The Hall–Kier alpha value is -2.43. The van der Waals surface area contributed by atoms with Gasteiger partial charge in [0.1, 0.15) is 4.90 Å². The molecule has 3 heterocycles. The summed E-state index contributed by atoms with van der Waals surface area (Å²) in [6, 6.07) is 7.29. The van der Waals surface area contributed by atoms with Crippen molar-refractivity contribution in [1.82, 2.24) is 34.4 Å². The molecule has 0 amide bonds. The normalized spacial score (nSPS) is 16.3. The molecule has 1 aliphatic heterocycles. The number of piperazine rings is 1.